The quantitative estimate of drug-likeness (QED) is 0.911. The van der Waals surface area contributed by atoms with Gasteiger partial charge in [-0.2, -0.15) is 0 Å². The fourth-order valence-electron chi connectivity index (χ4n) is 2.56. The molecular formula is C14H19ClN2O. The number of rotatable bonds is 3. The molecule has 0 aliphatic heterocycles. The van der Waals surface area contributed by atoms with Crippen molar-refractivity contribution in [3.8, 4) is 0 Å². The van der Waals surface area contributed by atoms with Crippen molar-refractivity contribution in [2.24, 2.45) is 5.92 Å². The number of aromatic nitrogens is 1. The molecule has 0 radical (unpaired) electrons. The highest BCUT2D eigenvalue weighted by Gasteiger charge is 2.22. The summed E-state index contributed by atoms with van der Waals surface area (Å²) in [5.74, 6) is 0.470. The molecule has 0 aromatic carbocycles. The minimum atomic E-state index is -0.129. The molecule has 1 unspecified atom stereocenters. The third-order valence-corrected chi connectivity index (χ3v) is 3.91. The summed E-state index contributed by atoms with van der Waals surface area (Å²) in [5.41, 5.74) is 0.394. The van der Waals surface area contributed by atoms with E-state index in [1.165, 1.54) is 32.1 Å². The second-order valence-corrected chi connectivity index (χ2v) is 5.46. The molecule has 18 heavy (non-hydrogen) atoms. The Morgan fingerprint density at radius 1 is 1.44 bits per heavy atom. The summed E-state index contributed by atoms with van der Waals surface area (Å²) >= 11 is 5.85. The molecule has 3 nitrogen and oxygen atoms in total. The first-order valence-corrected chi connectivity index (χ1v) is 6.97. The van der Waals surface area contributed by atoms with Gasteiger partial charge in [0.2, 0.25) is 0 Å². The fraction of sp³-hybridized carbons (Fsp3) is 0.571. The topological polar surface area (TPSA) is 42.0 Å². The lowest BCUT2D eigenvalue weighted by Gasteiger charge is -2.28. The Morgan fingerprint density at radius 3 is 2.83 bits per heavy atom. The van der Waals surface area contributed by atoms with Crippen LogP contribution < -0.4 is 5.32 Å². The maximum Gasteiger partial charge on any atom is 0.270 e. The lowest BCUT2D eigenvalue weighted by atomic mass is 9.84. The highest BCUT2D eigenvalue weighted by Crippen LogP contribution is 2.26. The molecule has 1 aromatic heterocycles. The van der Waals surface area contributed by atoms with Crippen LogP contribution in [-0.2, 0) is 0 Å². The lowest BCUT2D eigenvalue weighted by molar-refractivity contribution is 0.0914. The summed E-state index contributed by atoms with van der Waals surface area (Å²) in [5, 5.41) is 3.58. The van der Waals surface area contributed by atoms with Crippen molar-refractivity contribution >= 4 is 17.5 Å². The number of carbonyl (C=O) groups is 1. The standard InChI is InChI=1S/C14H19ClN2O/c1-10(11-5-3-2-4-6-11)17-14(18)13-9-12(15)7-8-16-13/h7-11H,2-6H2,1H3,(H,17,18). The molecule has 1 atom stereocenters. The van der Waals surface area contributed by atoms with E-state index in [0.29, 0.717) is 16.6 Å². The molecule has 4 heteroatoms. The molecule has 1 N–H and O–H groups in total. The van der Waals surface area contributed by atoms with Gasteiger partial charge in [-0.05, 0) is 37.8 Å². The molecule has 0 spiro atoms. The minimum Gasteiger partial charge on any atom is -0.348 e. The van der Waals surface area contributed by atoms with E-state index in [1.54, 1.807) is 18.3 Å². The van der Waals surface area contributed by atoms with Crippen molar-refractivity contribution in [1.82, 2.24) is 10.3 Å². The summed E-state index contributed by atoms with van der Waals surface area (Å²) in [6.07, 6.45) is 7.87. The van der Waals surface area contributed by atoms with Crippen molar-refractivity contribution in [1.29, 1.82) is 0 Å². The van der Waals surface area contributed by atoms with E-state index in [2.05, 4.69) is 17.2 Å². The molecule has 1 amide bonds. The van der Waals surface area contributed by atoms with Crippen molar-refractivity contribution in [3.05, 3.63) is 29.0 Å². The SMILES string of the molecule is CC(NC(=O)c1cc(Cl)ccn1)C1CCCCC1. The van der Waals surface area contributed by atoms with Crippen LogP contribution >= 0.6 is 11.6 Å². The average Bonchev–Trinajstić information content (AvgIpc) is 2.39. The van der Waals surface area contributed by atoms with E-state index in [1.807, 2.05) is 0 Å². The molecule has 1 aliphatic carbocycles. The average molecular weight is 267 g/mol. The smallest absolute Gasteiger partial charge is 0.270 e. The van der Waals surface area contributed by atoms with Gasteiger partial charge in [-0.1, -0.05) is 30.9 Å². The normalized spacial score (nSPS) is 18.3. The summed E-state index contributed by atoms with van der Waals surface area (Å²) < 4.78 is 0. The molecule has 2 rings (SSSR count). The number of hydrogen-bond donors (Lipinski definition) is 1. The van der Waals surface area contributed by atoms with Gasteiger partial charge in [0.15, 0.2) is 0 Å². The first-order chi connectivity index (χ1) is 8.66. The van der Waals surface area contributed by atoms with E-state index >= 15 is 0 Å². The number of hydrogen-bond acceptors (Lipinski definition) is 2. The predicted molar refractivity (Wildman–Crippen MR) is 72.8 cm³/mol. The Labute approximate surface area is 113 Å². The van der Waals surface area contributed by atoms with Gasteiger partial charge >= 0.3 is 0 Å². The Kier molecular flexibility index (Phi) is 4.59. The number of carbonyl (C=O) groups excluding carboxylic acids is 1. The van der Waals surface area contributed by atoms with Gasteiger partial charge in [0.1, 0.15) is 5.69 Å². The molecule has 1 saturated carbocycles. The van der Waals surface area contributed by atoms with Crippen molar-refractivity contribution in [2.45, 2.75) is 45.1 Å². The molecule has 0 saturated heterocycles. The van der Waals surface area contributed by atoms with Gasteiger partial charge in [0.25, 0.3) is 5.91 Å². The van der Waals surface area contributed by atoms with Crippen LogP contribution in [0.1, 0.15) is 49.5 Å². The number of pyridine rings is 1. The number of amides is 1. The Balaban J connectivity index is 1.94. The first-order valence-electron chi connectivity index (χ1n) is 6.59. The van der Waals surface area contributed by atoms with E-state index < -0.39 is 0 Å². The van der Waals surface area contributed by atoms with E-state index in [9.17, 15) is 4.79 Å². The molecule has 1 aromatic rings. The van der Waals surface area contributed by atoms with Gasteiger partial charge < -0.3 is 5.32 Å². The van der Waals surface area contributed by atoms with Crippen molar-refractivity contribution in [2.75, 3.05) is 0 Å². The van der Waals surface area contributed by atoms with Gasteiger partial charge in [-0.25, -0.2) is 0 Å². The van der Waals surface area contributed by atoms with E-state index in [-0.39, 0.29) is 11.9 Å². The third kappa shape index (κ3) is 3.45. The maximum absolute atomic E-state index is 12.0. The lowest BCUT2D eigenvalue weighted by Crippen LogP contribution is -2.39. The first kappa shape index (κ1) is 13.3. The van der Waals surface area contributed by atoms with Gasteiger partial charge in [0.05, 0.1) is 0 Å². The number of nitrogens with one attached hydrogen (secondary N) is 1. The second kappa shape index (κ2) is 6.19. The summed E-state index contributed by atoms with van der Waals surface area (Å²) in [6.45, 7) is 2.08. The largest absolute Gasteiger partial charge is 0.348 e. The Bertz CT molecular complexity index is 416. The Morgan fingerprint density at radius 2 is 2.17 bits per heavy atom. The van der Waals surface area contributed by atoms with Crippen molar-refractivity contribution in [3.63, 3.8) is 0 Å². The summed E-state index contributed by atoms with van der Waals surface area (Å²) in [6, 6.07) is 3.48. The zero-order valence-corrected chi connectivity index (χ0v) is 11.4. The van der Waals surface area contributed by atoms with Crippen LogP contribution in [0.5, 0.6) is 0 Å². The molecule has 98 valence electrons. The van der Waals surface area contributed by atoms with Crippen LogP contribution in [-0.4, -0.2) is 16.9 Å². The van der Waals surface area contributed by atoms with Crippen LogP contribution in [0.25, 0.3) is 0 Å². The molecule has 1 aliphatic rings. The predicted octanol–water partition coefficient (Wildman–Crippen LogP) is 3.43. The van der Waals surface area contributed by atoms with E-state index in [0.717, 1.165) is 0 Å². The molecule has 0 bridgehead atoms. The highest BCUT2D eigenvalue weighted by atomic mass is 35.5. The summed E-state index contributed by atoms with van der Waals surface area (Å²) in [4.78, 5) is 16.1. The van der Waals surface area contributed by atoms with Crippen molar-refractivity contribution < 1.29 is 4.79 Å². The molecule has 1 heterocycles. The minimum absolute atomic E-state index is 0.129. The third-order valence-electron chi connectivity index (χ3n) is 3.67. The van der Waals surface area contributed by atoms with Crippen LogP contribution in [0.15, 0.2) is 18.3 Å². The maximum atomic E-state index is 12.0. The zero-order valence-electron chi connectivity index (χ0n) is 10.7. The summed E-state index contributed by atoms with van der Waals surface area (Å²) in [7, 11) is 0. The van der Waals surface area contributed by atoms with Gasteiger partial charge in [-0.3, -0.25) is 9.78 Å². The van der Waals surface area contributed by atoms with Gasteiger partial charge in [-0.15, -0.1) is 0 Å². The van der Waals surface area contributed by atoms with E-state index in [4.69, 9.17) is 11.6 Å². The Hall–Kier alpha value is -1.09. The van der Waals surface area contributed by atoms with Crippen LogP contribution in [0.4, 0.5) is 0 Å². The van der Waals surface area contributed by atoms with Crippen LogP contribution in [0, 0.1) is 5.92 Å². The molecule has 1 fully saturated rings. The zero-order chi connectivity index (χ0) is 13.0. The molecular weight excluding hydrogens is 248 g/mol. The van der Waals surface area contributed by atoms with Crippen LogP contribution in [0.3, 0.4) is 0 Å². The highest BCUT2D eigenvalue weighted by molar-refractivity contribution is 6.30. The number of nitrogens with zero attached hydrogens (tertiary/aromatic N) is 1. The fourth-order valence-corrected chi connectivity index (χ4v) is 2.72. The number of halogens is 1. The van der Waals surface area contributed by atoms with Crippen LogP contribution in [0.2, 0.25) is 5.02 Å². The monoisotopic (exact) mass is 266 g/mol. The second-order valence-electron chi connectivity index (χ2n) is 5.02. The van der Waals surface area contributed by atoms with Gasteiger partial charge in [0, 0.05) is 17.3 Å².